The van der Waals surface area contributed by atoms with Crippen molar-refractivity contribution >= 4 is 11.9 Å². The minimum atomic E-state index is -0.366. The molecule has 0 spiro atoms. The lowest BCUT2D eigenvalue weighted by atomic mass is 10.1. The van der Waals surface area contributed by atoms with Gasteiger partial charge in [-0.2, -0.15) is 0 Å². The van der Waals surface area contributed by atoms with Crippen LogP contribution in [0.15, 0.2) is 0 Å². The maximum atomic E-state index is 10.6. The molecule has 0 aromatic carbocycles. The van der Waals surface area contributed by atoms with E-state index in [1.54, 1.807) is 0 Å². The third kappa shape index (κ3) is 9.45. The van der Waals surface area contributed by atoms with Gasteiger partial charge in [-0.15, -0.1) is 0 Å². The van der Waals surface area contributed by atoms with Gasteiger partial charge < -0.3 is 14.2 Å². The molecule has 0 aromatic rings. The number of carbonyl (C=O) groups is 2. The van der Waals surface area contributed by atoms with E-state index in [-0.39, 0.29) is 24.8 Å². The van der Waals surface area contributed by atoms with Crippen molar-refractivity contribution in [3.8, 4) is 0 Å². The topological polar surface area (TPSA) is 61.8 Å². The zero-order chi connectivity index (χ0) is 12.4. The summed E-state index contributed by atoms with van der Waals surface area (Å²) in [6.45, 7) is 5.03. The van der Waals surface area contributed by atoms with Gasteiger partial charge >= 0.3 is 11.9 Å². The fourth-order valence-corrected chi connectivity index (χ4v) is 1.18. The Morgan fingerprint density at radius 2 is 1.69 bits per heavy atom. The molecular formula is C11H20O5. The number of ether oxygens (including phenoxy) is 3. The van der Waals surface area contributed by atoms with Gasteiger partial charge in [0.1, 0.15) is 0 Å². The fourth-order valence-electron chi connectivity index (χ4n) is 1.18. The van der Waals surface area contributed by atoms with Crippen LogP contribution in [0, 0.1) is 0 Å². The zero-order valence-electron chi connectivity index (χ0n) is 10.2. The summed E-state index contributed by atoms with van der Waals surface area (Å²) < 4.78 is 14.8. The molecule has 5 heteroatoms. The number of hydrogen-bond acceptors (Lipinski definition) is 5. The molecule has 0 aliphatic carbocycles. The maximum Gasteiger partial charge on any atom is 0.304 e. The van der Waals surface area contributed by atoms with Crippen LogP contribution in [0.2, 0.25) is 0 Å². The highest BCUT2D eigenvalue weighted by molar-refractivity contribution is 5.66. The Hall–Kier alpha value is -1.10. The molecule has 0 heterocycles. The van der Waals surface area contributed by atoms with Gasteiger partial charge in [-0.3, -0.25) is 9.59 Å². The van der Waals surface area contributed by atoms with Crippen molar-refractivity contribution in [1.29, 1.82) is 0 Å². The molecule has 94 valence electrons. The second-order valence-electron chi connectivity index (χ2n) is 3.46. The lowest BCUT2D eigenvalue weighted by Crippen LogP contribution is -2.19. The van der Waals surface area contributed by atoms with Gasteiger partial charge in [-0.05, 0) is 6.42 Å². The van der Waals surface area contributed by atoms with E-state index >= 15 is 0 Å². The first kappa shape index (κ1) is 14.9. The van der Waals surface area contributed by atoms with E-state index in [1.807, 2.05) is 6.92 Å². The lowest BCUT2D eigenvalue weighted by Gasteiger charge is -2.16. The number of hydrogen-bond donors (Lipinski definition) is 0. The zero-order valence-corrected chi connectivity index (χ0v) is 10.2. The van der Waals surface area contributed by atoms with E-state index in [2.05, 4.69) is 4.74 Å². The molecule has 5 nitrogen and oxygen atoms in total. The molecule has 0 aromatic heterocycles. The Morgan fingerprint density at radius 3 is 2.19 bits per heavy atom. The van der Waals surface area contributed by atoms with Crippen LogP contribution in [0.25, 0.3) is 0 Å². The first-order chi connectivity index (χ1) is 7.56. The molecule has 0 bridgehead atoms. The third-order valence-electron chi connectivity index (χ3n) is 1.92. The lowest BCUT2D eigenvalue weighted by molar-refractivity contribution is -0.159. The highest BCUT2D eigenvalue weighted by Crippen LogP contribution is 2.07. The second kappa shape index (κ2) is 9.15. The van der Waals surface area contributed by atoms with Gasteiger partial charge in [-0.25, -0.2) is 0 Å². The molecule has 0 N–H and O–H groups in total. The van der Waals surface area contributed by atoms with Crippen molar-refractivity contribution in [2.24, 2.45) is 0 Å². The van der Waals surface area contributed by atoms with Crippen molar-refractivity contribution in [2.75, 3.05) is 13.4 Å². The molecule has 0 saturated heterocycles. The summed E-state index contributed by atoms with van der Waals surface area (Å²) in [6.07, 6.45) is 2.39. The summed E-state index contributed by atoms with van der Waals surface area (Å²) in [4.78, 5) is 21.1. The quantitative estimate of drug-likeness (QED) is 0.470. The SMILES string of the molecule is CCCC(CCOC(C)=O)OCOC(C)=O. The molecule has 16 heavy (non-hydrogen) atoms. The Morgan fingerprint density at radius 1 is 1.06 bits per heavy atom. The van der Waals surface area contributed by atoms with Crippen LogP contribution in [0.4, 0.5) is 0 Å². The highest BCUT2D eigenvalue weighted by atomic mass is 16.7. The van der Waals surface area contributed by atoms with E-state index in [0.717, 1.165) is 12.8 Å². The van der Waals surface area contributed by atoms with Crippen LogP contribution < -0.4 is 0 Å². The number of rotatable bonds is 8. The molecule has 0 saturated carbocycles. The van der Waals surface area contributed by atoms with Crippen molar-refractivity contribution in [3.63, 3.8) is 0 Å². The molecule has 0 amide bonds. The third-order valence-corrected chi connectivity index (χ3v) is 1.92. The van der Waals surface area contributed by atoms with E-state index in [9.17, 15) is 9.59 Å². The molecule has 1 atom stereocenters. The standard InChI is InChI=1S/C11H20O5/c1-4-5-11(6-7-14-9(2)12)16-8-15-10(3)13/h11H,4-8H2,1-3H3. The van der Waals surface area contributed by atoms with Crippen LogP contribution in [0.1, 0.15) is 40.0 Å². The average molecular weight is 232 g/mol. The molecule has 0 aliphatic heterocycles. The average Bonchev–Trinajstić information content (AvgIpc) is 2.16. The summed E-state index contributed by atoms with van der Waals surface area (Å²) in [5.41, 5.74) is 0. The summed E-state index contributed by atoms with van der Waals surface area (Å²) in [7, 11) is 0. The van der Waals surface area contributed by atoms with E-state index in [1.165, 1.54) is 13.8 Å². The van der Waals surface area contributed by atoms with Crippen molar-refractivity contribution in [2.45, 2.75) is 46.1 Å². The van der Waals surface area contributed by atoms with Crippen LogP contribution in [0.5, 0.6) is 0 Å². The van der Waals surface area contributed by atoms with Gasteiger partial charge in [0, 0.05) is 20.3 Å². The van der Waals surface area contributed by atoms with Gasteiger partial charge in [-0.1, -0.05) is 13.3 Å². The Kier molecular flexibility index (Phi) is 8.52. The first-order valence-electron chi connectivity index (χ1n) is 5.44. The minimum absolute atomic E-state index is 0.0382. The smallest absolute Gasteiger partial charge is 0.304 e. The van der Waals surface area contributed by atoms with Crippen molar-refractivity contribution in [1.82, 2.24) is 0 Å². The first-order valence-corrected chi connectivity index (χ1v) is 5.44. The summed E-state index contributed by atoms with van der Waals surface area (Å²) in [5.74, 6) is -0.662. The van der Waals surface area contributed by atoms with Crippen LogP contribution >= 0.6 is 0 Å². The Labute approximate surface area is 96.1 Å². The van der Waals surface area contributed by atoms with Gasteiger partial charge in [0.2, 0.25) is 0 Å². The number of esters is 2. The van der Waals surface area contributed by atoms with Gasteiger partial charge in [0.25, 0.3) is 0 Å². The molecule has 0 aliphatic rings. The van der Waals surface area contributed by atoms with E-state index < -0.39 is 0 Å². The summed E-state index contributed by atoms with van der Waals surface area (Å²) >= 11 is 0. The monoisotopic (exact) mass is 232 g/mol. The second-order valence-corrected chi connectivity index (χ2v) is 3.46. The highest BCUT2D eigenvalue weighted by Gasteiger charge is 2.09. The van der Waals surface area contributed by atoms with E-state index in [4.69, 9.17) is 9.47 Å². The van der Waals surface area contributed by atoms with Crippen LogP contribution in [-0.2, 0) is 23.8 Å². The molecule has 0 fully saturated rings. The summed E-state index contributed by atoms with van der Waals surface area (Å²) in [6, 6.07) is 0. The molecular weight excluding hydrogens is 212 g/mol. The van der Waals surface area contributed by atoms with Crippen LogP contribution in [-0.4, -0.2) is 31.4 Å². The Balaban J connectivity index is 3.69. The predicted molar refractivity (Wildman–Crippen MR) is 57.7 cm³/mol. The molecule has 1 unspecified atom stereocenters. The predicted octanol–water partition coefficient (Wildman–Crippen LogP) is 1.65. The largest absolute Gasteiger partial charge is 0.466 e. The normalized spacial score (nSPS) is 11.9. The maximum absolute atomic E-state index is 10.6. The van der Waals surface area contributed by atoms with Gasteiger partial charge in [0.05, 0.1) is 12.7 Å². The molecule has 0 radical (unpaired) electrons. The van der Waals surface area contributed by atoms with Crippen molar-refractivity contribution in [3.05, 3.63) is 0 Å². The van der Waals surface area contributed by atoms with Gasteiger partial charge in [0.15, 0.2) is 6.79 Å². The minimum Gasteiger partial charge on any atom is -0.466 e. The number of carbonyl (C=O) groups excluding carboxylic acids is 2. The Bertz CT molecular complexity index is 194. The fraction of sp³-hybridized carbons (Fsp3) is 0.818. The summed E-state index contributed by atoms with van der Waals surface area (Å²) in [5, 5.41) is 0. The van der Waals surface area contributed by atoms with Crippen LogP contribution in [0.3, 0.4) is 0 Å². The van der Waals surface area contributed by atoms with Crippen molar-refractivity contribution < 1.29 is 23.8 Å². The van der Waals surface area contributed by atoms with E-state index in [0.29, 0.717) is 13.0 Å². The molecule has 0 rings (SSSR count).